The molecule has 98 valence electrons. The van der Waals surface area contributed by atoms with Crippen LogP contribution < -0.4 is 5.73 Å². The first-order valence-corrected chi connectivity index (χ1v) is 6.87. The molecular weight excluding hydrogens is 259 g/mol. The summed E-state index contributed by atoms with van der Waals surface area (Å²) in [5.74, 6) is 0.275. The lowest BCUT2D eigenvalue weighted by molar-refractivity contribution is 0.601. The van der Waals surface area contributed by atoms with E-state index in [1.807, 2.05) is 25.1 Å². The first-order valence-electron chi connectivity index (χ1n) is 5.88. The average Bonchev–Trinajstić information content (AvgIpc) is 2.37. The predicted octanol–water partition coefficient (Wildman–Crippen LogP) is 3.71. The first-order chi connectivity index (χ1) is 9.06. The minimum atomic E-state index is -0.328. The Morgan fingerprint density at radius 1 is 1.26 bits per heavy atom. The van der Waals surface area contributed by atoms with Crippen LogP contribution in [0.4, 0.5) is 4.39 Å². The molecule has 2 rings (SSSR count). The lowest BCUT2D eigenvalue weighted by atomic mass is 10.2. The second-order valence-corrected chi connectivity index (χ2v) is 5.35. The third kappa shape index (κ3) is 3.58. The fraction of sp³-hybridized carbons (Fsp3) is 0.133. The van der Waals surface area contributed by atoms with Gasteiger partial charge in [-0.15, -0.1) is 11.8 Å². The summed E-state index contributed by atoms with van der Waals surface area (Å²) in [5.41, 5.74) is 8.10. The van der Waals surface area contributed by atoms with Gasteiger partial charge in [-0.3, -0.25) is 5.41 Å². The molecule has 0 aromatic heterocycles. The van der Waals surface area contributed by atoms with Gasteiger partial charge in [-0.25, -0.2) is 4.39 Å². The highest BCUT2D eigenvalue weighted by Crippen LogP contribution is 2.26. The molecular formula is C15H15FN2S. The first kappa shape index (κ1) is 13.6. The summed E-state index contributed by atoms with van der Waals surface area (Å²) in [7, 11) is 0. The molecule has 0 aliphatic rings. The van der Waals surface area contributed by atoms with E-state index in [1.54, 1.807) is 12.1 Å². The van der Waals surface area contributed by atoms with E-state index in [-0.39, 0.29) is 11.7 Å². The third-order valence-electron chi connectivity index (χ3n) is 2.72. The normalized spacial score (nSPS) is 10.4. The van der Waals surface area contributed by atoms with E-state index in [9.17, 15) is 4.39 Å². The molecule has 0 fully saturated rings. The number of halogens is 1. The van der Waals surface area contributed by atoms with Crippen LogP contribution in [0.5, 0.6) is 0 Å². The standard InChI is InChI=1S/C15H15FN2S/c1-10-3-2-4-11(7-10)9-19-14-6-5-12(15(17)18)8-13(14)16/h2-8H,9H2,1H3,(H3,17,18). The fourth-order valence-corrected chi connectivity index (χ4v) is 2.61. The van der Waals surface area contributed by atoms with Crippen molar-refractivity contribution >= 4 is 17.6 Å². The van der Waals surface area contributed by atoms with Gasteiger partial charge in [0.15, 0.2) is 0 Å². The summed E-state index contributed by atoms with van der Waals surface area (Å²) >= 11 is 1.44. The summed E-state index contributed by atoms with van der Waals surface area (Å²) in [4.78, 5) is 0.575. The van der Waals surface area contributed by atoms with Crippen molar-refractivity contribution in [2.24, 2.45) is 5.73 Å². The maximum absolute atomic E-state index is 13.8. The molecule has 0 saturated heterocycles. The molecule has 0 amide bonds. The SMILES string of the molecule is Cc1cccc(CSc2ccc(C(=N)N)cc2F)c1. The second-order valence-electron chi connectivity index (χ2n) is 4.34. The lowest BCUT2D eigenvalue weighted by Crippen LogP contribution is -2.11. The van der Waals surface area contributed by atoms with Gasteiger partial charge in [0.1, 0.15) is 11.7 Å². The van der Waals surface area contributed by atoms with Gasteiger partial charge in [0.25, 0.3) is 0 Å². The van der Waals surface area contributed by atoms with Crippen LogP contribution in [-0.4, -0.2) is 5.84 Å². The maximum Gasteiger partial charge on any atom is 0.137 e. The second kappa shape index (κ2) is 5.89. The molecule has 0 radical (unpaired) electrons. The predicted molar refractivity (Wildman–Crippen MR) is 78.2 cm³/mol. The van der Waals surface area contributed by atoms with Gasteiger partial charge in [0.05, 0.1) is 0 Å². The Bertz CT molecular complexity index is 611. The largest absolute Gasteiger partial charge is 0.384 e. The van der Waals surface area contributed by atoms with E-state index >= 15 is 0 Å². The van der Waals surface area contributed by atoms with E-state index in [2.05, 4.69) is 6.07 Å². The quantitative estimate of drug-likeness (QED) is 0.507. The Morgan fingerprint density at radius 2 is 2.05 bits per heavy atom. The summed E-state index contributed by atoms with van der Waals surface area (Å²) in [6.07, 6.45) is 0. The van der Waals surface area contributed by atoms with E-state index < -0.39 is 0 Å². The van der Waals surface area contributed by atoms with Crippen LogP contribution >= 0.6 is 11.8 Å². The summed E-state index contributed by atoms with van der Waals surface area (Å²) in [5, 5.41) is 7.27. The zero-order valence-electron chi connectivity index (χ0n) is 10.6. The third-order valence-corrected chi connectivity index (χ3v) is 3.84. The number of amidine groups is 1. The Morgan fingerprint density at radius 3 is 2.68 bits per heavy atom. The highest BCUT2D eigenvalue weighted by molar-refractivity contribution is 7.98. The highest BCUT2D eigenvalue weighted by atomic mass is 32.2. The minimum Gasteiger partial charge on any atom is -0.384 e. The highest BCUT2D eigenvalue weighted by Gasteiger charge is 2.06. The monoisotopic (exact) mass is 274 g/mol. The molecule has 0 aliphatic heterocycles. The van der Waals surface area contributed by atoms with Crippen molar-refractivity contribution in [1.82, 2.24) is 0 Å². The Balaban J connectivity index is 2.10. The van der Waals surface area contributed by atoms with Crippen LogP contribution in [0.3, 0.4) is 0 Å². The molecule has 2 aromatic rings. The van der Waals surface area contributed by atoms with E-state index in [1.165, 1.54) is 29.0 Å². The van der Waals surface area contributed by atoms with Crippen molar-refractivity contribution in [3.8, 4) is 0 Å². The molecule has 0 atom stereocenters. The molecule has 0 saturated carbocycles. The molecule has 4 heteroatoms. The topological polar surface area (TPSA) is 49.9 Å². The van der Waals surface area contributed by atoms with Crippen LogP contribution in [0.2, 0.25) is 0 Å². The van der Waals surface area contributed by atoms with Crippen molar-refractivity contribution in [3.05, 3.63) is 65.0 Å². The van der Waals surface area contributed by atoms with Gasteiger partial charge in [-0.05, 0) is 30.7 Å². The molecule has 0 heterocycles. The summed E-state index contributed by atoms with van der Waals surface area (Å²) in [6, 6.07) is 12.8. The Kier molecular flexibility index (Phi) is 4.22. The van der Waals surface area contributed by atoms with E-state index in [4.69, 9.17) is 11.1 Å². The molecule has 2 aromatic carbocycles. The molecule has 3 N–H and O–H groups in total. The van der Waals surface area contributed by atoms with E-state index in [0.717, 1.165) is 5.75 Å². The van der Waals surface area contributed by atoms with Gasteiger partial charge in [0.2, 0.25) is 0 Å². The molecule has 0 aliphatic carbocycles. The van der Waals surface area contributed by atoms with Crippen LogP contribution in [0.1, 0.15) is 16.7 Å². The van der Waals surface area contributed by atoms with Gasteiger partial charge >= 0.3 is 0 Å². The zero-order chi connectivity index (χ0) is 13.8. The van der Waals surface area contributed by atoms with Gasteiger partial charge in [0, 0.05) is 16.2 Å². The molecule has 0 unspecified atom stereocenters. The number of hydrogen-bond acceptors (Lipinski definition) is 2. The Hall–Kier alpha value is -1.81. The maximum atomic E-state index is 13.8. The van der Waals surface area contributed by atoms with Crippen LogP contribution in [0.25, 0.3) is 0 Å². The fourth-order valence-electron chi connectivity index (χ4n) is 1.75. The van der Waals surface area contributed by atoms with Crippen LogP contribution in [0, 0.1) is 18.2 Å². The van der Waals surface area contributed by atoms with Crippen molar-refractivity contribution in [1.29, 1.82) is 5.41 Å². The number of nitrogens with two attached hydrogens (primary N) is 1. The van der Waals surface area contributed by atoms with Gasteiger partial charge < -0.3 is 5.73 Å². The van der Waals surface area contributed by atoms with Gasteiger partial charge in [-0.1, -0.05) is 29.8 Å². The number of rotatable bonds is 4. The van der Waals surface area contributed by atoms with Crippen molar-refractivity contribution < 1.29 is 4.39 Å². The average molecular weight is 274 g/mol. The number of thioether (sulfide) groups is 1. The molecule has 0 bridgehead atoms. The minimum absolute atomic E-state index is 0.117. The smallest absolute Gasteiger partial charge is 0.137 e. The van der Waals surface area contributed by atoms with Crippen molar-refractivity contribution in [3.63, 3.8) is 0 Å². The Labute approximate surface area is 116 Å². The molecule has 0 spiro atoms. The molecule has 19 heavy (non-hydrogen) atoms. The van der Waals surface area contributed by atoms with Gasteiger partial charge in [-0.2, -0.15) is 0 Å². The molecule has 2 nitrogen and oxygen atoms in total. The van der Waals surface area contributed by atoms with Crippen LogP contribution in [-0.2, 0) is 5.75 Å². The zero-order valence-corrected chi connectivity index (χ0v) is 11.4. The van der Waals surface area contributed by atoms with Crippen LogP contribution in [0.15, 0.2) is 47.4 Å². The number of benzene rings is 2. The summed E-state index contributed by atoms with van der Waals surface area (Å²) in [6.45, 7) is 2.04. The number of hydrogen-bond donors (Lipinski definition) is 2. The number of nitrogens with one attached hydrogen (secondary N) is 1. The van der Waals surface area contributed by atoms with E-state index in [0.29, 0.717) is 10.5 Å². The summed E-state index contributed by atoms with van der Waals surface area (Å²) < 4.78 is 13.8. The number of nitrogen functional groups attached to an aromatic ring is 1. The van der Waals surface area contributed by atoms with Crippen molar-refractivity contribution in [2.45, 2.75) is 17.6 Å². The van der Waals surface area contributed by atoms with Crippen molar-refractivity contribution in [2.75, 3.05) is 0 Å². The lowest BCUT2D eigenvalue weighted by Gasteiger charge is -2.06. The number of aryl methyl sites for hydroxylation is 1.